The SMILES string of the molecule is CC(C)C[C@H]1N=CCS1. The normalized spacial score (nSPS) is 25.9. The van der Waals surface area contributed by atoms with E-state index < -0.39 is 0 Å². The lowest BCUT2D eigenvalue weighted by molar-refractivity contribution is 0.580. The third kappa shape index (κ3) is 2.39. The van der Waals surface area contributed by atoms with Crippen LogP contribution in [-0.4, -0.2) is 17.3 Å². The summed E-state index contributed by atoms with van der Waals surface area (Å²) < 4.78 is 0. The van der Waals surface area contributed by atoms with Gasteiger partial charge in [0.15, 0.2) is 0 Å². The highest BCUT2D eigenvalue weighted by Gasteiger charge is 2.11. The van der Waals surface area contributed by atoms with Gasteiger partial charge in [0.05, 0.1) is 5.37 Å². The van der Waals surface area contributed by atoms with Crippen LogP contribution in [0.3, 0.4) is 0 Å². The fraction of sp³-hybridized carbons (Fsp3) is 0.857. The number of hydrogen-bond donors (Lipinski definition) is 0. The highest BCUT2D eigenvalue weighted by molar-refractivity contribution is 8.00. The second-order valence-electron chi connectivity index (χ2n) is 2.75. The highest BCUT2D eigenvalue weighted by atomic mass is 32.2. The molecule has 0 bridgehead atoms. The van der Waals surface area contributed by atoms with Gasteiger partial charge in [-0.2, -0.15) is 0 Å². The molecule has 0 unspecified atom stereocenters. The van der Waals surface area contributed by atoms with Crippen LogP contribution < -0.4 is 0 Å². The highest BCUT2D eigenvalue weighted by Crippen LogP contribution is 2.23. The maximum Gasteiger partial charge on any atom is 0.0953 e. The summed E-state index contributed by atoms with van der Waals surface area (Å²) in [7, 11) is 0. The first-order chi connectivity index (χ1) is 4.29. The van der Waals surface area contributed by atoms with Crippen molar-refractivity contribution in [2.75, 3.05) is 5.75 Å². The lowest BCUT2D eigenvalue weighted by Gasteiger charge is -2.07. The topological polar surface area (TPSA) is 12.4 Å². The van der Waals surface area contributed by atoms with Gasteiger partial charge in [0.1, 0.15) is 0 Å². The van der Waals surface area contributed by atoms with Crippen molar-refractivity contribution in [2.45, 2.75) is 25.6 Å². The molecule has 1 atom stereocenters. The standard InChI is InChI=1S/C7H13NS/c1-6(2)5-7-8-3-4-9-7/h3,6-7H,4-5H2,1-2H3/t7-/m0/s1. The molecule has 52 valence electrons. The maximum atomic E-state index is 4.31. The summed E-state index contributed by atoms with van der Waals surface area (Å²) in [6.45, 7) is 4.49. The largest absolute Gasteiger partial charge is 0.283 e. The molecule has 9 heavy (non-hydrogen) atoms. The van der Waals surface area contributed by atoms with E-state index in [2.05, 4.69) is 18.8 Å². The van der Waals surface area contributed by atoms with Crippen molar-refractivity contribution >= 4 is 18.0 Å². The number of nitrogens with zero attached hydrogens (tertiary/aromatic N) is 1. The van der Waals surface area contributed by atoms with Crippen LogP contribution in [0.15, 0.2) is 4.99 Å². The van der Waals surface area contributed by atoms with Crippen LogP contribution in [0, 0.1) is 5.92 Å². The molecular formula is C7H13NS. The molecule has 0 N–H and O–H groups in total. The van der Waals surface area contributed by atoms with Gasteiger partial charge < -0.3 is 0 Å². The van der Waals surface area contributed by atoms with Crippen molar-refractivity contribution in [1.29, 1.82) is 0 Å². The Kier molecular flexibility index (Phi) is 2.58. The molecule has 0 spiro atoms. The molecule has 2 heteroatoms. The molecule has 0 aromatic heterocycles. The van der Waals surface area contributed by atoms with Crippen molar-refractivity contribution < 1.29 is 0 Å². The van der Waals surface area contributed by atoms with Gasteiger partial charge in [-0.3, -0.25) is 4.99 Å². The summed E-state index contributed by atoms with van der Waals surface area (Å²) in [4.78, 5) is 4.31. The molecular weight excluding hydrogens is 130 g/mol. The molecule has 0 aromatic carbocycles. The number of rotatable bonds is 2. The van der Waals surface area contributed by atoms with Crippen LogP contribution in [-0.2, 0) is 0 Å². The van der Waals surface area contributed by atoms with Crippen LogP contribution >= 0.6 is 11.8 Å². The van der Waals surface area contributed by atoms with Gasteiger partial charge in [0, 0.05) is 12.0 Å². The Hall–Kier alpha value is 0.0200. The summed E-state index contributed by atoms with van der Waals surface area (Å²) in [6.07, 6.45) is 3.26. The molecule has 0 fully saturated rings. The predicted octanol–water partition coefficient (Wildman–Crippen LogP) is 2.18. The zero-order valence-electron chi connectivity index (χ0n) is 6.00. The molecule has 1 heterocycles. The lowest BCUT2D eigenvalue weighted by Crippen LogP contribution is -1.99. The second-order valence-corrected chi connectivity index (χ2v) is 3.96. The van der Waals surface area contributed by atoms with E-state index in [1.54, 1.807) is 0 Å². The Morgan fingerprint density at radius 2 is 2.56 bits per heavy atom. The Morgan fingerprint density at radius 1 is 1.78 bits per heavy atom. The zero-order valence-corrected chi connectivity index (χ0v) is 6.82. The first-order valence-corrected chi connectivity index (χ1v) is 4.47. The summed E-state index contributed by atoms with van der Waals surface area (Å²) >= 11 is 1.95. The lowest BCUT2D eigenvalue weighted by atomic mass is 10.1. The van der Waals surface area contributed by atoms with Gasteiger partial charge in [-0.15, -0.1) is 11.8 Å². The van der Waals surface area contributed by atoms with Gasteiger partial charge in [-0.05, 0) is 12.3 Å². The van der Waals surface area contributed by atoms with E-state index in [9.17, 15) is 0 Å². The summed E-state index contributed by atoms with van der Waals surface area (Å²) in [5.74, 6) is 1.91. The molecule has 0 aliphatic carbocycles. The van der Waals surface area contributed by atoms with E-state index in [0.717, 1.165) is 11.7 Å². The molecule has 1 aliphatic rings. The van der Waals surface area contributed by atoms with Crippen molar-refractivity contribution in [1.82, 2.24) is 0 Å². The third-order valence-electron chi connectivity index (χ3n) is 1.31. The summed E-state index contributed by atoms with van der Waals surface area (Å²) in [5.41, 5.74) is 0. The van der Waals surface area contributed by atoms with Gasteiger partial charge in [-0.25, -0.2) is 0 Å². The van der Waals surface area contributed by atoms with Crippen molar-refractivity contribution in [3.8, 4) is 0 Å². The van der Waals surface area contributed by atoms with E-state index in [1.165, 1.54) is 6.42 Å². The molecule has 0 saturated heterocycles. The van der Waals surface area contributed by atoms with E-state index in [0.29, 0.717) is 5.37 Å². The minimum Gasteiger partial charge on any atom is -0.283 e. The van der Waals surface area contributed by atoms with Gasteiger partial charge in [-0.1, -0.05) is 13.8 Å². The zero-order chi connectivity index (χ0) is 6.69. The average molecular weight is 143 g/mol. The van der Waals surface area contributed by atoms with E-state index in [1.807, 2.05) is 18.0 Å². The van der Waals surface area contributed by atoms with Crippen molar-refractivity contribution in [3.05, 3.63) is 0 Å². The van der Waals surface area contributed by atoms with E-state index in [-0.39, 0.29) is 0 Å². The molecule has 0 aromatic rings. The first-order valence-electron chi connectivity index (χ1n) is 3.42. The molecule has 0 amide bonds. The smallest absolute Gasteiger partial charge is 0.0953 e. The molecule has 1 rings (SSSR count). The molecule has 1 nitrogen and oxygen atoms in total. The Labute approximate surface area is 60.9 Å². The second kappa shape index (κ2) is 3.25. The maximum absolute atomic E-state index is 4.31. The van der Waals surface area contributed by atoms with Gasteiger partial charge >= 0.3 is 0 Å². The quantitative estimate of drug-likeness (QED) is 0.577. The molecule has 0 saturated carbocycles. The van der Waals surface area contributed by atoms with Crippen LogP contribution in [0.1, 0.15) is 20.3 Å². The number of aliphatic imine (C=N–C) groups is 1. The number of thioether (sulfide) groups is 1. The van der Waals surface area contributed by atoms with Crippen molar-refractivity contribution in [3.63, 3.8) is 0 Å². The van der Waals surface area contributed by atoms with E-state index in [4.69, 9.17) is 0 Å². The molecule has 0 radical (unpaired) electrons. The predicted molar refractivity (Wildman–Crippen MR) is 44.2 cm³/mol. The van der Waals surface area contributed by atoms with Gasteiger partial charge in [0.25, 0.3) is 0 Å². The number of hydrogen-bond acceptors (Lipinski definition) is 2. The third-order valence-corrected chi connectivity index (χ3v) is 2.35. The fourth-order valence-corrected chi connectivity index (χ4v) is 1.98. The average Bonchev–Trinajstić information content (AvgIpc) is 2.15. The first kappa shape index (κ1) is 7.13. The Balaban J connectivity index is 2.20. The van der Waals surface area contributed by atoms with Crippen LogP contribution in [0.4, 0.5) is 0 Å². The summed E-state index contributed by atoms with van der Waals surface area (Å²) in [6, 6.07) is 0. The van der Waals surface area contributed by atoms with Crippen molar-refractivity contribution in [2.24, 2.45) is 10.9 Å². The fourth-order valence-electron chi connectivity index (χ4n) is 0.890. The Bertz CT molecular complexity index is 109. The Morgan fingerprint density at radius 3 is 3.00 bits per heavy atom. The monoisotopic (exact) mass is 143 g/mol. The minimum absolute atomic E-state index is 0.574. The molecule has 1 aliphatic heterocycles. The van der Waals surface area contributed by atoms with E-state index >= 15 is 0 Å². The van der Waals surface area contributed by atoms with Crippen LogP contribution in [0.25, 0.3) is 0 Å². The van der Waals surface area contributed by atoms with Crippen LogP contribution in [0.2, 0.25) is 0 Å². The minimum atomic E-state index is 0.574. The van der Waals surface area contributed by atoms with Gasteiger partial charge in [0.2, 0.25) is 0 Å². The summed E-state index contributed by atoms with van der Waals surface area (Å²) in [5, 5.41) is 0.574. The van der Waals surface area contributed by atoms with Crippen LogP contribution in [0.5, 0.6) is 0 Å².